The normalized spacial score (nSPS) is 10.8. The van der Waals surface area contributed by atoms with E-state index < -0.39 is 0 Å². The van der Waals surface area contributed by atoms with E-state index >= 15 is 0 Å². The molecule has 0 radical (unpaired) electrons. The molecule has 3 aromatic rings. The van der Waals surface area contributed by atoms with E-state index in [9.17, 15) is 4.79 Å². The number of ketones is 1. The van der Waals surface area contributed by atoms with Gasteiger partial charge in [-0.25, -0.2) is 0 Å². The molecule has 4 nitrogen and oxygen atoms in total. The molecule has 150 valence electrons. The third-order valence-electron chi connectivity index (χ3n) is 4.79. The van der Waals surface area contributed by atoms with Crippen molar-refractivity contribution in [3.63, 3.8) is 0 Å². The molecule has 0 aromatic heterocycles. The summed E-state index contributed by atoms with van der Waals surface area (Å²) in [4.78, 5) is 12.7. The van der Waals surface area contributed by atoms with Crippen LogP contribution in [-0.2, 0) is 22.5 Å². The smallest absolute Gasteiger partial charge is 0.167 e. The van der Waals surface area contributed by atoms with Crippen LogP contribution >= 0.6 is 0 Å². The lowest BCUT2D eigenvalue weighted by Gasteiger charge is -2.09. The number of nitrogens with two attached hydrogens (primary N) is 1. The fraction of sp³-hybridized carbons (Fsp3) is 0.240. The van der Waals surface area contributed by atoms with Gasteiger partial charge in [0, 0.05) is 43.6 Å². The Labute approximate surface area is 172 Å². The number of hydrogen-bond donors (Lipinski definition) is 1. The SMILES string of the molecule is COCCCOCc1ccc(C(=O)Cc2ccc(-c3ccccc3)cc2)cc1N. The Morgan fingerprint density at radius 3 is 2.31 bits per heavy atom. The van der Waals surface area contributed by atoms with Crippen molar-refractivity contribution in [2.45, 2.75) is 19.4 Å². The zero-order valence-electron chi connectivity index (χ0n) is 16.8. The molecule has 0 aliphatic rings. The number of carbonyl (C=O) groups is 1. The van der Waals surface area contributed by atoms with Crippen molar-refractivity contribution >= 4 is 11.5 Å². The summed E-state index contributed by atoms with van der Waals surface area (Å²) >= 11 is 0. The zero-order chi connectivity index (χ0) is 20.5. The Morgan fingerprint density at radius 2 is 1.62 bits per heavy atom. The van der Waals surface area contributed by atoms with Gasteiger partial charge in [-0.05, 0) is 29.2 Å². The van der Waals surface area contributed by atoms with Crippen LogP contribution in [0.5, 0.6) is 0 Å². The number of rotatable bonds is 10. The molecule has 0 amide bonds. The maximum Gasteiger partial charge on any atom is 0.167 e. The third-order valence-corrected chi connectivity index (χ3v) is 4.79. The Balaban J connectivity index is 1.58. The summed E-state index contributed by atoms with van der Waals surface area (Å²) in [6, 6.07) is 23.7. The number of nitrogen functional groups attached to an aromatic ring is 1. The first-order valence-electron chi connectivity index (χ1n) is 9.80. The second kappa shape index (κ2) is 10.6. The minimum atomic E-state index is 0.0525. The fourth-order valence-electron chi connectivity index (χ4n) is 3.12. The van der Waals surface area contributed by atoms with Crippen LogP contribution in [0.25, 0.3) is 11.1 Å². The molecule has 4 heteroatoms. The molecule has 29 heavy (non-hydrogen) atoms. The predicted molar refractivity (Wildman–Crippen MR) is 117 cm³/mol. The predicted octanol–water partition coefficient (Wildman–Crippen LogP) is 4.91. The van der Waals surface area contributed by atoms with Gasteiger partial charge in [0.1, 0.15) is 0 Å². The highest BCUT2D eigenvalue weighted by molar-refractivity contribution is 5.98. The molecule has 0 saturated heterocycles. The number of Topliss-reactive ketones (excluding diaryl/α,β-unsaturated/α-hetero) is 1. The molecular formula is C25H27NO3. The summed E-state index contributed by atoms with van der Waals surface area (Å²) < 4.78 is 10.6. The van der Waals surface area contributed by atoms with Crippen LogP contribution in [-0.4, -0.2) is 26.1 Å². The van der Waals surface area contributed by atoms with Gasteiger partial charge in [0.15, 0.2) is 5.78 Å². The van der Waals surface area contributed by atoms with Crippen LogP contribution < -0.4 is 5.73 Å². The van der Waals surface area contributed by atoms with E-state index in [0.29, 0.717) is 37.5 Å². The molecule has 0 aliphatic heterocycles. The quantitative estimate of drug-likeness (QED) is 0.304. The van der Waals surface area contributed by atoms with Crippen LogP contribution in [0.1, 0.15) is 27.9 Å². The van der Waals surface area contributed by atoms with Gasteiger partial charge in [-0.15, -0.1) is 0 Å². The highest BCUT2D eigenvalue weighted by Gasteiger charge is 2.10. The number of carbonyl (C=O) groups excluding carboxylic acids is 1. The molecule has 0 atom stereocenters. The van der Waals surface area contributed by atoms with Gasteiger partial charge >= 0.3 is 0 Å². The average molecular weight is 389 g/mol. The Kier molecular flexibility index (Phi) is 7.56. The highest BCUT2D eigenvalue weighted by Crippen LogP contribution is 2.21. The molecule has 0 heterocycles. The van der Waals surface area contributed by atoms with Crippen LogP contribution in [0, 0.1) is 0 Å². The minimum absolute atomic E-state index is 0.0525. The zero-order valence-corrected chi connectivity index (χ0v) is 16.8. The van der Waals surface area contributed by atoms with Crippen molar-refractivity contribution in [3.05, 3.63) is 89.5 Å². The van der Waals surface area contributed by atoms with Crippen molar-refractivity contribution in [3.8, 4) is 11.1 Å². The van der Waals surface area contributed by atoms with Gasteiger partial charge in [0.2, 0.25) is 0 Å². The van der Waals surface area contributed by atoms with Crippen molar-refractivity contribution in [2.24, 2.45) is 0 Å². The van der Waals surface area contributed by atoms with E-state index in [-0.39, 0.29) is 5.78 Å². The molecule has 0 bridgehead atoms. The molecule has 0 spiro atoms. The van der Waals surface area contributed by atoms with Crippen molar-refractivity contribution in [1.82, 2.24) is 0 Å². The number of benzene rings is 3. The molecule has 3 rings (SSSR count). The Hall–Kier alpha value is -2.95. The van der Waals surface area contributed by atoms with Crippen molar-refractivity contribution in [1.29, 1.82) is 0 Å². The number of anilines is 1. The molecule has 3 aromatic carbocycles. The van der Waals surface area contributed by atoms with Crippen LogP contribution in [0.2, 0.25) is 0 Å². The van der Waals surface area contributed by atoms with Crippen LogP contribution in [0.4, 0.5) is 5.69 Å². The monoisotopic (exact) mass is 389 g/mol. The number of ether oxygens (including phenoxy) is 2. The van der Waals surface area contributed by atoms with E-state index in [4.69, 9.17) is 15.2 Å². The summed E-state index contributed by atoms with van der Waals surface area (Å²) in [5.74, 6) is 0.0525. The van der Waals surface area contributed by atoms with Gasteiger partial charge < -0.3 is 15.2 Å². The van der Waals surface area contributed by atoms with Crippen LogP contribution in [0.15, 0.2) is 72.8 Å². The molecule has 2 N–H and O–H groups in total. The van der Waals surface area contributed by atoms with Gasteiger partial charge in [-0.2, -0.15) is 0 Å². The summed E-state index contributed by atoms with van der Waals surface area (Å²) in [6.45, 7) is 1.73. The second-order valence-electron chi connectivity index (χ2n) is 6.98. The first kappa shape index (κ1) is 20.8. The molecule has 0 aliphatic carbocycles. The number of hydrogen-bond acceptors (Lipinski definition) is 4. The largest absolute Gasteiger partial charge is 0.398 e. The summed E-state index contributed by atoms with van der Waals surface area (Å²) in [7, 11) is 1.67. The van der Waals surface area contributed by atoms with E-state index in [1.54, 1.807) is 13.2 Å². The van der Waals surface area contributed by atoms with E-state index in [0.717, 1.165) is 28.7 Å². The number of methoxy groups -OCH3 is 1. The Bertz CT molecular complexity index is 921. The second-order valence-corrected chi connectivity index (χ2v) is 6.98. The van der Waals surface area contributed by atoms with Gasteiger partial charge in [0.05, 0.1) is 6.61 Å². The minimum Gasteiger partial charge on any atom is -0.398 e. The lowest BCUT2D eigenvalue weighted by Crippen LogP contribution is -2.06. The van der Waals surface area contributed by atoms with Crippen LogP contribution in [0.3, 0.4) is 0 Å². The first-order valence-corrected chi connectivity index (χ1v) is 9.80. The van der Waals surface area contributed by atoms with Crippen molar-refractivity contribution < 1.29 is 14.3 Å². The maximum atomic E-state index is 12.7. The lowest BCUT2D eigenvalue weighted by molar-refractivity contribution is 0.0930. The van der Waals surface area contributed by atoms with E-state index in [1.807, 2.05) is 42.5 Å². The van der Waals surface area contributed by atoms with E-state index in [1.165, 1.54) is 0 Å². The van der Waals surface area contributed by atoms with Gasteiger partial charge in [-0.1, -0.05) is 66.7 Å². The molecular weight excluding hydrogens is 362 g/mol. The van der Waals surface area contributed by atoms with E-state index in [2.05, 4.69) is 24.3 Å². The lowest BCUT2D eigenvalue weighted by atomic mass is 9.98. The van der Waals surface area contributed by atoms with Gasteiger partial charge in [0.25, 0.3) is 0 Å². The van der Waals surface area contributed by atoms with Crippen molar-refractivity contribution in [2.75, 3.05) is 26.1 Å². The standard InChI is InChI=1S/C25H27NO3/c1-28-14-5-15-29-18-23-13-12-22(17-24(23)26)25(27)16-19-8-10-21(11-9-19)20-6-3-2-4-7-20/h2-4,6-13,17H,5,14-16,18,26H2,1H3. The summed E-state index contributed by atoms with van der Waals surface area (Å²) in [6.07, 6.45) is 1.19. The summed E-state index contributed by atoms with van der Waals surface area (Å²) in [5, 5.41) is 0. The topological polar surface area (TPSA) is 61.5 Å². The fourth-order valence-corrected chi connectivity index (χ4v) is 3.12. The summed E-state index contributed by atoms with van der Waals surface area (Å²) in [5.41, 5.74) is 11.5. The first-order chi connectivity index (χ1) is 14.2. The molecule has 0 saturated carbocycles. The van der Waals surface area contributed by atoms with Gasteiger partial charge in [-0.3, -0.25) is 4.79 Å². The molecule has 0 unspecified atom stereocenters. The highest BCUT2D eigenvalue weighted by atomic mass is 16.5. The molecule has 0 fully saturated rings. The third kappa shape index (κ3) is 6.01. The average Bonchev–Trinajstić information content (AvgIpc) is 2.75. The Morgan fingerprint density at radius 1 is 0.897 bits per heavy atom. The maximum absolute atomic E-state index is 12.7.